The van der Waals surface area contributed by atoms with E-state index in [2.05, 4.69) is 25.8 Å². The van der Waals surface area contributed by atoms with Crippen LogP contribution < -0.4 is 0 Å². The SMILES string of the molecule is CC(C)(C)c1ccc(C(=O)c2ccncc2)cc1Cl. The van der Waals surface area contributed by atoms with Crippen molar-refractivity contribution < 1.29 is 4.79 Å². The highest BCUT2D eigenvalue weighted by molar-refractivity contribution is 6.32. The largest absolute Gasteiger partial charge is 0.289 e. The summed E-state index contributed by atoms with van der Waals surface area (Å²) in [6, 6.07) is 8.90. The average Bonchev–Trinajstić information content (AvgIpc) is 2.37. The molecule has 0 radical (unpaired) electrons. The highest BCUT2D eigenvalue weighted by Crippen LogP contribution is 2.30. The van der Waals surface area contributed by atoms with Crippen LogP contribution >= 0.6 is 11.6 Å². The monoisotopic (exact) mass is 273 g/mol. The summed E-state index contributed by atoms with van der Waals surface area (Å²) in [5, 5.41) is 0.632. The summed E-state index contributed by atoms with van der Waals surface area (Å²) in [6.07, 6.45) is 3.22. The van der Waals surface area contributed by atoms with Crippen molar-refractivity contribution in [1.29, 1.82) is 0 Å². The van der Waals surface area contributed by atoms with Crippen molar-refractivity contribution in [3.05, 3.63) is 64.4 Å². The molecule has 98 valence electrons. The van der Waals surface area contributed by atoms with E-state index in [0.29, 0.717) is 16.1 Å². The Morgan fingerprint density at radius 2 is 1.68 bits per heavy atom. The van der Waals surface area contributed by atoms with Gasteiger partial charge in [-0.25, -0.2) is 0 Å². The van der Waals surface area contributed by atoms with Gasteiger partial charge in [0.15, 0.2) is 5.78 Å². The minimum absolute atomic E-state index is 0.0324. The molecule has 0 aliphatic heterocycles. The lowest BCUT2D eigenvalue weighted by atomic mass is 9.86. The summed E-state index contributed by atoms with van der Waals surface area (Å²) in [7, 11) is 0. The first-order valence-corrected chi connectivity index (χ1v) is 6.52. The van der Waals surface area contributed by atoms with Crippen LogP contribution in [0.25, 0.3) is 0 Å². The van der Waals surface area contributed by atoms with Gasteiger partial charge in [-0.3, -0.25) is 9.78 Å². The van der Waals surface area contributed by atoms with Gasteiger partial charge in [-0.15, -0.1) is 0 Å². The first-order chi connectivity index (χ1) is 8.89. The minimum Gasteiger partial charge on any atom is -0.289 e. The fourth-order valence-electron chi connectivity index (χ4n) is 1.93. The van der Waals surface area contributed by atoms with Gasteiger partial charge >= 0.3 is 0 Å². The summed E-state index contributed by atoms with van der Waals surface area (Å²) in [6.45, 7) is 6.29. The third kappa shape index (κ3) is 3.02. The Labute approximate surface area is 118 Å². The van der Waals surface area contributed by atoms with Crippen molar-refractivity contribution in [2.24, 2.45) is 0 Å². The van der Waals surface area contributed by atoms with Crippen molar-refractivity contribution in [3.8, 4) is 0 Å². The first-order valence-electron chi connectivity index (χ1n) is 6.14. The van der Waals surface area contributed by atoms with Gasteiger partial charge in [0, 0.05) is 28.5 Å². The molecule has 0 saturated carbocycles. The van der Waals surface area contributed by atoms with Crippen LogP contribution in [0.15, 0.2) is 42.7 Å². The maximum absolute atomic E-state index is 12.3. The summed E-state index contributed by atoms with van der Waals surface area (Å²) < 4.78 is 0. The molecule has 0 aliphatic rings. The molecule has 1 aromatic heterocycles. The lowest BCUT2D eigenvalue weighted by Crippen LogP contribution is -2.12. The molecule has 0 saturated heterocycles. The Balaban J connectivity index is 2.38. The van der Waals surface area contributed by atoms with Gasteiger partial charge in [-0.05, 0) is 29.2 Å². The number of aromatic nitrogens is 1. The summed E-state index contributed by atoms with van der Waals surface area (Å²) in [4.78, 5) is 16.2. The molecule has 0 N–H and O–H groups in total. The van der Waals surface area contributed by atoms with E-state index in [1.807, 2.05) is 12.1 Å². The second kappa shape index (κ2) is 5.14. The van der Waals surface area contributed by atoms with Gasteiger partial charge in [-0.2, -0.15) is 0 Å². The minimum atomic E-state index is -0.0373. The lowest BCUT2D eigenvalue weighted by molar-refractivity contribution is 0.103. The number of carbonyl (C=O) groups is 1. The standard InChI is InChI=1S/C16H16ClNO/c1-16(2,3)13-5-4-12(10-14(13)17)15(19)11-6-8-18-9-7-11/h4-10H,1-3H3. The van der Waals surface area contributed by atoms with E-state index in [4.69, 9.17) is 11.6 Å². The van der Waals surface area contributed by atoms with Crippen molar-refractivity contribution in [2.75, 3.05) is 0 Å². The maximum atomic E-state index is 12.3. The molecule has 0 bridgehead atoms. The fraction of sp³-hybridized carbons (Fsp3) is 0.250. The fourth-order valence-corrected chi connectivity index (χ4v) is 2.40. The van der Waals surface area contributed by atoms with Crippen LogP contribution in [0.4, 0.5) is 0 Å². The molecule has 3 heteroatoms. The second-order valence-electron chi connectivity index (χ2n) is 5.51. The molecule has 0 atom stereocenters. The van der Waals surface area contributed by atoms with E-state index in [-0.39, 0.29) is 11.2 Å². The molecule has 0 spiro atoms. The molecule has 1 heterocycles. The number of hydrogen-bond acceptors (Lipinski definition) is 2. The predicted octanol–water partition coefficient (Wildman–Crippen LogP) is 4.26. The molecule has 19 heavy (non-hydrogen) atoms. The van der Waals surface area contributed by atoms with E-state index in [9.17, 15) is 4.79 Å². The van der Waals surface area contributed by atoms with Crippen molar-refractivity contribution in [3.63, 3.8) is 0 Å². The van der Waals surface area contributed by atoms with Gasteiger partial charge in [0.05, 0.1) is 0 Å². The van der Waals surface area contributed by atoms with Gasteiger partial charge in [0.25, 0.3) is 0 Å². The number of pyridine rings is 1. The predicted molar refractivity (Wildman–Crippen MR) is 77.8 cm³/mol. The Bertz CT molecular complexity index is 600. The van der Waals surface area contributed by atoms with Crippen molar-refractivity contribution in [2.45, 2.75) is 26.2 Å². The summed E-state index contributed by atoms with van der Waals surface area (Å²) >= 11 is 6.28. The molecule has 0 unspecified atom stereocenters. The highest BCUT2D eigenvalue weighted by Gasteiger charge is 2.19. The van der Waals surface area contributed by atoms with Crippen LogP contribution in [0.5, 0.6) is 0 Å². The molecule has 2 rings (SSSR count). The Kier molecular flexibility index (Phi) is 3.72. The molecule has 1 aromatic carbocycles. The van der Waals surface area contributed by atoms with Crippen LogP contribution in [0.3, 0.4) is 0 Å². The molecule has 2 nitrogen and oxygen atoms in total. The topological polar surface area (TPSA) is 30.0 Å². The number of ketones is 1. The van der Waals surface area contributed by atoms with Crippen molar-refractivity contribution in [1.82, 2.24) is 4.98 Å². The second-order valence-corrected chi connectivity index (χ2v) is 5.92. The van der Waals surface area contributed by atoms with Crippen LogP contribution in [-0.2, 0) is 5.41 Å². The molecular formula is C16H16ClNO. The van der Waals surface area contributed by atoms with E-state index in [1.165, 1.54) is 0 Å². The zero-order chi connectivity index (χ0) is 14.0. The molecule has 0 fully saturated rings. The molecule has 0 aliphatic carbocycles. The van der Waals surface area contributed by atoms with Gasteiger partial charge in [0.1, 0.15) is 0 Å². The van der Waals surface area contributed by atoms with E-state index < -0.39 is 0 Å². The van der Waals surface area contributed by atoms with Gasteiger partial charge < -0.3 is 0 Å². The zero-order valence-corrected chi connectivity index (χ0v) is 12.0. The molecule has 2 aromatic rings. The third-order valence-corrected chi connectivity index (χ3v) is 3.29. The normalized spacial score (nSPS) is 11.4. The van der Waals surface area contributed by atoms with Crippen LogP contribution in [0.2, 0.25) is 5.02 Å². The number of hydrogen-bond donors (Lipinski definition) is 0. The number of benzene rings is 1. The van der Waals surface area contributed by atoms with Gasteiger partial charge in [0.2, 0.25) is 0 Å². The Morgan fingerprint density at radius 3 is 2.21 bits per heavy atom. The van der Waals surface area contributed by atoms with E-state index in [0.717, 1.165) is 5.56 Å². The van der Waals surface area contributed by atoms with Crippen LogP contribution in [0, 0.1) is 0 Å². The zero-order valence-electron chi connectivity index (χ0n) is 11.3. The Morgan fingerprint density at radius 1 is 1.05 bits per heavy atom. The number of nitrogens with zero attached hydrogens (tertiary/aromatic N) is 1. The molecular weight excluding hydrogens is 258 g/mol. The first kappa shape index (κ1) is 13.8. The maximum Gasteiger partial charge on any atom is 0.193 e. The van der Waals surface area contributed by atoms with Crippen LogP contribution in [-0.4, -0.2) is 10.8 Å². The summed E-state index contributed by atoms with van der Waals surface area (Å²) in [5.41, 5.74) is 2.23. The number of rotatable bonds is 2. The quantitative estimate of drug-likeness (QED) is 0.765. The summed E-state index contributed by atoms with van der Waals surface area (Å²) in [5.74, 6) is -0.0373. The number of halogens is 1. The average molecular weight is 274 g/mol. The smallest absolute Gasteiger partial charge is 0.193 e. The lowest BCUT2D eigenvalue weighted by Gasteiger charge is -2.20. The highest BCUT2D eigenvalue weighted by atomic mass is 35.5. The van der Waals surface area contributed by atoms with E-state index in [1.54, 1.807) is 30.6 Å². The third-order valence-electron chi connectivity index (χ3n) is 2.98. The Hall–Kier alpha value is -1.67. The van der Waals surface area contributed by atoms with Crippen molar-refractivity contribution >= 4 is 17.4 Å². The number of carbonyl (C=O) groups excluding carboxylic acids is 1. The van der Waals surface area contributed by atoms with Crippen LogP contribution in [0.1, 0.15) is 42.3 Å². The molecule has 0 amide bonds. The van der Waals surface area contributed by atoms with Gasteiger partial charge in [-0.1, -0.05) is 44.5 Å². The van der Waals surface area contributed by atoms with E-state index >= 15 is 0 Å².